The molecule has 7 heteroatoms. The first-order valence-corrected chi connectivity index (χ1v) is 10.9. The fourth-order valence-electron chi connectivity index (χ4n) is 3.98. The topological polar surface area (TPSA) is 57.4 Å². The molecule has 3 aromatic heterocycles. The standard InChI is InChI=1S/C26H16Cl2N4.Zn/c27-23-2-1-3-24(28)26(23)22-13-21-12-19-7-6-17(30-19)10-15-4-5-16(29-15)11-18-8-9-20(31-18)14-25(22)32-21;/h1-14,30,32H;. The maximum atomic E-state index is 6.54. The fourth-order valence-corrected chi connectivity index (χ4v) is 4.58. The zero-order valence-corrected chi connectivity index (χ0v) is 21.9. The predicted octanol–water partition coefficient (Wildman–Crippen LogP) is 7.63. The maximum absolute atomic E-state index is 6.54. The Morgan fingerprint density at radius 1 is 0.576 bits per heavy atom. The van der Waals surface area contributed by atoms with Crippen molar-refractivity contribution in [3.8, 4) is 11.1 Å². The van der Waals surface area contributed by atoms with Crippen LogP contribution in [-0.2, 0) is 19.5 Å². The molecular formula is C26H16Cl2N4Zn. The van der Waals surface area contributed by atoms with Crippen LogP contribution >= 0.6 is 23.2 Å². The summed E-state index contributed by atoms with van der Waals surface area (Å²) >= 11 is 13.1. The predicted molar refractivity (Wildman–Crippen MR) is 134 cm³/mol. The Morgan fingerprint density at radius 2 is 1.15 bits per heavy atom. The van der Waals surface area contributed by atoms with Crippen LogP contribution in [0, 0.1) is 0 Å². The summed E-state index contributed by atoms with van der Waals surface area (Å²) in [6.45, 7) is 0. The summed E-state index contributed by atoms with van der Waals surface area (Å²) in [7, 11) is 0. The van der Waals surface area contributed by atoms with Gasteiger partial charge >= 0.3 is 0 Å². The number of fused-ring (bicyclic) bond motifs is 8. The third-order valence-corrected chi connectivity index (χ3v) is 6.03. The number of nitrogens with one attached hydrogen (secondary N) is 2. The van der Waals surface area contributed by atoms with E-state index in [1.807, 2.05) is 72.8 Å². The Morgan fingerprint density at radius 3 is 1.82 bits per heavy atom. The van der Waals surface area contributed by atoms with E-state index >= 15 is 0 Å². The summed E-state index contributed by atoms with van der Waals surface area (Å²) in [6.07, 6.45) is 7.96. The summed E-state index contributed by atoms with van der Waals surface area (Å²) in [5, 5.41) is 1.20. The van der Waals surface area contributed by atoms with E-state index in [2.05, 4.69) is 27.1 Å². The SMILES string of the molecule is Clc1cccc(Cl)c1-c1cc2cc3ccc(cc4nc(cc5nc(cc1[nH]2)C=C5)C=C4)[nH]3.[Zn]. The van der Waals surface area contributed by atoms with E-state index in [4.69, 9.17) is 28.2 Å². The van der Waals surface area contributed by atoms with Gasteiger partial charge in [0.1, 0.15) is 0 Å². The molecule has 2 aliphatic rings. The van der Waals surface area contributed by atoms with Crippen LogP contribution in [0.15, 0.2) is 60.7 Å². The molecule has 5 heterocycles. The van der Waals surface area contributed by atoms with Crippen molar-refractivity contribution in [1.29, 1.82) is 0 Å². The number of rotatable bonds is 1. The molecule has 4 nitrogen and oxygen atoms in total. The number of halogens is 2. The summed E-state index contributed by atoms with van der Waals surface area (Å²) in [5.41, 5.74) is 8.93. The number of benzene rings is 1. The Bertz CT molecular complexity index is 1590. The maximum Gasteiger partial charge on any atom is 0.0659 e. The molecule has 0 radical (unpaired) electrons. The smallest absolute Gasteiger partial charge is 0.0659 e. The molecule has 4 aromatic rings. The minimum Gasteiger partial charge on any atom is -0.355 e. The molecular weight excluding hydrogens is 505 g/mol. The van der Waals surface area contributed by atoms with Gasteiger partial charge in [0.05, 0.1) is 22.8 Å². The van der Waals surface area contributed by atoms with Crippen molar-refractivity contribution in [2.24, 2.45) is 0 Å². The third kappa shape index (κ3) is 4.32. The van der Waals surface area contributed by atoms with Gasteiger partial charge in [-0.15, -0.1) is 0 Å². The van der Waals surface area contributed by atoms with E-state index < -0.39 is 0 Å². The Balaban J connectivity index is 0.00000228. The first-order valence-electron chi connectivity index (χ1n) is 10.1. The summed E-state index contributed by atoms with van der Waals surface area (Å²) in [5.74, 6) is 0. The van der Waals surface area contributed by atoms with Gasteiger partial charge in [-0.1, -0.05) is 29.3 Å². The zero-order valence-electron chi connectivity index (χ0n) is 17.4. The van der Waals surface area contributed by atoms with E-state index in [9.17, 15) is 0 Å². The van der Waals surface area contributed by atoms with Crippen molar-refractivity contribution in [3.63, 3.8) is 0 Å². The van der Waals surface area contributed by atoms with E-state index in [0.717, 1.165) is 56.0 Å². The monoisotopic (exact) mass is 518 g/mol. The second-order valence-corrected chi connectivity index (χ2v) is 8.50. The van der Waals surface area contributed by atoms with E-state index in [1.54, 1.807) is 0 Å². The van der Waals surface area contributed by atoms with Gasteiger partial charge in [0.25, 0.3) is 0 Å². The van der Waals surface area contributed by atoms with Gasteiger partial charge < -0.3 is 9.97 Å². The molecule has 0 atom stereocenters. The van der Waals surface area contributed by atoms with Crippen LogP contribution in [0.3, 0.4) is 0 Å². The zero-order chi connectivity index (χ0) is 21.7. The molecule has 33 heavy (non-hydrogen) atoms. The average molecular weight is 521 g/mol. The van der Waals surface area contributed by atoms with Crippen LogP contribution in [0.1, 0.15) is 22.8 Å². The normalized spacial score (nSPS) is 12.1. The van der Waals surface area contributed by atoms with Crippen LogP contribution in [-0.4, -0.2) is 19.9 Å². The number of aromatic nitrogens is 4. The minimum absolute atomic E-state index is 0. The Labute approximate surface area is 212 Å². The van der Waals surface area contributed by atoms with Gasteiger partial charge in [0, 0.05) is 62.7 Å². The Hall–Kier alpha value is -2.98. The molecule has 2 aliphatic heterocycles. The Kier molecular flexibility index (Phi) is 5.80. The van der Waals surface area contributed by atoms with Crippen molar-refractivity contribution in [2.45, 2.75) is 0 Å². The molecule has 0 fully saturated rings. The number of H-pyrrole nitrogens is 2. The van der Waals surface area contributed by atoms with Gasteiger partial charge in [-0.2, -0.15) is 0 Å². The van der Waals surface area contributed by atoms with Gasteiger partial charge in [-0.05, 0) is 78.9 Å². The van der Waals surface area contributed by atoms with Crippen LogP contribution < -0.4 is 0 Å². The molecule has 0 saturated heterocycles. The van der Waals surface area contributed by atoms with Crippen LogP contribution in [0.2, 0.25) is 10.0 Å². The van der Waals surface area contributed by atoms with Gasteiger partial charge in [-0.3, -0.25) is 0 Å². The number of hydrogen-bond donors (Lipinski definition) is 2. The van der Waals surface area contributed by atoms with Gasteiger partial charge in [-0.25, -0.2) is 9.97 Å². The van der Waals surface area contributed by atoms with Crippen molar-refractivity contribution in [1.82, 2.24) is 19.9 Å². The fraction of sp³-hybridized carbons (Fsp3) is 0. The molecule has 1 aromatic carbocycles. The molecule has 0 unspecified atom stereocenters. The molecule has 2 N–H and O–H groups in total. The van der Waals surface area contributed by atoms with E-state index in [-0.39, 0.29) is 19.5 Å². The van der Waals surface area contributed by atoms with Crippen molar-refractivity contribution in [3.05, 3.63) is 93.5 Å². The van der Waals surface area contributed by atoms with Gasteiger partial charge in [0.15, 0.2) is 0 Å². The van der Waals surface area contributed by atoms with Crippen LogP contribution in [0.25, 0.3) is 57.5 Å². The summed E-state index contributed by atoms with van der Waals surface area (Å²) in [6, 6.07) is 19.7. The molecule has 0 spiro atoms. The summed E-state index contributed by atoms with van der Waals surface area (Å²) in [4.78, 5) is 16.3. The average Bonchev–Trinajstić information content (AvgIpc) is 3.54. The molecule has 0 saturated carbocycles. The van der Waals surface area contributed by atoms with Crippen molar-refractivity contribution >= 4 is 69.6 Å². The largest absolute Gasteiger partial charge is 0.355 e. The first kappa shape index (κ1) is 21.8. The number of aromatic amines is 2. The second-order valence-electron chi connectivity index (χ2n) is 7.68. The van der Waals surface area contributed by atoms with Crippen LogP contribution in [0.5, 0.6) is 0 Å². The van der Waals surface area contributed by atoms with E-state index in [1.165, 1.54) is 0 Å². The minimum atomic E-state index is 0. The molecule has 6 rings (SSSR count). The number of hydrogen-bond acceptors (Lipinski definition) is 2. The quantitative estimate of drug-likeness (QED) is 0.219. The van der Waals surface area contributed by atoms with Crippen molar-refractivity contribution < 1.29 is 19.5 Å². The van der Waals surface area contributed by atoms with E-state index in [0.29, 0.717) is 10.0 Å². The van der Waals surface area contributed by atoms with Crippen LogP contribution in [0.4, 0.5) is 0 Å². The number of nitrogens with zero attached hydrogens (tertiary/aromatic N) is 2. The third-order valence-electron chi connectivity index (χ3n) is 5.40. The van der Waals surface area contributed by atoms with Crippen molar-refractivity contribution in [2.75, 3.05) is 0 Å². The second kappa shape index (κ2) is 8.75. The molecule has 8 bridgehead atoms. The summed E-state index contributed by atoms with van der Waals surface area (Å²) < 4.78 is 0. The molecule has 0 aliphatic carbocycles. The first-order chi connectivity index (χ1) is 15.6. The molecule has 0 amide bonds. The van der Waals surface area contributed by atoms with Gasteiger partial charge in [0.2, 0.25) is 0 Å². The molecule has 156 valence electrons.